The first-order valence-corrected chi connectivity index (χ1v) is 7.76. The molecule has 0 saturated carbocycles. The third kappa shape index (κ3) is 3.46. The predicted octanol–water partition coefficient (Wildman–Crippen LogP) is 2.77. The smallest absolute Gasteiger partial charge is 0.190 e. The zero-order valence-electron chi connectivity index (χ0n) is 11.9. The zero-order valence-corrected chi connectivity index (χ0v) is 12.7. The largest absolute Gasteiger partial charge is 0.337 e. The minimum absolute atomic E-state index is 0.891. The molecule has 5 nitrogen and oxygen atoms in total. The van der Waals surface area contributed by atoms with Gasteiger partial charge in [0.25, 0.3) is 0 Å². The van der Waals surface area contributed by atoms with Gasteiger partial charge in [0.15, 0.2) is 4.80 Å². The van der Waals surface area contributed by atoms with E-state index in [9.17, 15) is 0 Å². The van der Waals surface area contributed by atoms with Crippen molar-refractivity contribution in [3.63, 3.8) is 0 Å². The van der Waals surface area contributed by atoms with Crippen LogP contribution in [0.2, 0.25) is 0 Å². The molecule has 21 heavy (non-hydrogen) atoms. The second kappa shape index (κ2) is 6.49. The Morgan fingerprint density at radius 3 is 2.95 bits per heavy atom. The van der Waals surface area contributed by atoms with Crippen LogP contribution in [0.3, 0.4) is 0 Å². The van der Waals surface area contributed by atoms with Gasteiger partial charge < -0.3 is 9.13 Å². The van der Waals surface area contributed by atoms with Gasteiger partial charge in [0.05, 0.1) is 18.2 Å². The number of pyridine rings is 1. The Balaban J connectivity index is 1.76. The van der Waals surface area contributed by atoms with Crippen molar-refractivity contribution in [3.8, 4) is 0 Å². The molecule has 0 aliphatic carbocycles. The number of thiazole rings is 1. The summed E-state index contributed by atoms with van der Waals surface area (Å²) in [5, 5.41) is 2.15. The number of hydrogen-bond acceptors (Lipinski definition) is 4. The van der Waals surface area contributed by atoms with Gasteiger partial charge in [-0.25, -0.2) is 9.98 Å². The Bertz CT molecular complexity index is 740. The first-order chi connectivity index (χ1) is 10.3. The number of hydrogen-bond donors (Lipinski definition) is 0. The Labute approximate surface area is 127 Å². The Morgan fingerprint density at radius 1 is 1.24 bits per heavy atom. The predicted molar refractivity (Wildman–Crippen MR) is 83.4 cm³/mol. The lowest BCUT2D eigenvalue weighted by atomic mass is 10.4. The van der Waals surface area contributed by atoms with Crippen LogP contribution >= 0.6 is 11.3 Å². The Morgan fingerprint density at radius 2 is 2.19 bits per heavy atom. The van der Waals surface area contributed by atoms with Crippen LogP contribution in [0.5, 0.6) is 0 Å². The highest BCUT2D eigenvalue weighted by Crippen LogP contribution is 2.09. The molecular weight excluding hydrogens is 282 g/mol. The highest BCUT2D eigenvalue weighted by molar-refractivity contribution is 7.07. The normalized spacial score (nSPS) is 12.0. The molecule has 0 N–H and O–H groups in total. The molecule has 3 aromatic rings. The maximum absolute atomic E-state index is 4.68. The molecule has 0 atom stereocenters. The Kier molecular flexibility index (Phi) is 4.25. The van der Waals surface area contributed by atoms with E-state index in [1.807, 2.05) is 30.9 Å². The van der Waals surface area contributed by atoms with Crippen molar-refractivity contribution in [2.75, 3.05) is 0 Å². The van der Waals surface area contributed by atoms with Crippen molar-refractivity contribution in [2.45, 2.75) is 26.4 Å². The van der Waals surface area contributed by atoms with Gasteiger partial charge in [-0.2, -0.15) is 0 Å². The van der Waals surface area contributed by atoms with Gasteiger partial charge in [-0.05, 0) is 25.5 Å². The number of nitrogens with zero attached hydrogens (tertiary/aromatic N) is 5. The third-order valence-corrected chi connectivity index (χ3v) is 4.20. The van der Waals surface area contributed by atoms with E-state index in [1.165, 1.54) is 5.69 Å². The molecule has 3 heterocycles. The monoisotopic (exact) mass is 299 g/mol. The highest BCUT2D eigenvalue weighted by atomic mass is 32.1. The molecule has 0 aliphatic heterocycles. The van der Waals surface area contributed by atoms with Gasteiger partial charge in [-0.1, -0.05) is 0 Å². The summed E-state index contributed by atoms with van der Waals surface area (Å²) >= 11 is 1.67. The summed E-state index contributed by atoms with van der Waals surface area (Å²) < 4.78 is 4.36. The zero-order chi connectivity index (χ0) is 14.5. The minimum Gasteiger partial charge on any atom is -0.337 e. The van der Waals surface area contributed by atoms with Crippen LogP contribution < -0.4 is 4.80 Å². The number of aromatic nitrogens is 4. The summed E-state index contributed by atoms with van der Waals surface area (Å²) in [5.74, 6) is 0. The molecule has 0 spiro atoms. The van der Waals surface area contributed by atoms with E-state index in [2.05, 4.69) is 36.4 Å². The summed E-state index contributed by atoms with van der Waals surface area (Å²) in [6.45, 7) is 4.04. The SMILES string of the molecule is Cc1csc(=Nc2cccnc2)n1CCCn1ccnc1. The lowest BCUT2D eigenvalue weighted by Gasteiger charge is -2.06. The van der Waals surface area contributed by atoms with Gasteiger partial charge in [0, 0.05) is 42.8 Å². The average molecular weight is 299 g/mol. The second-order valence-electron chi connectivity index (χ2n) is 4.79. The standard InChI is InChI=1S/C15H17N5S/c1-13-11-21-15(18-14-4-2-5-16-10-14)20(13)8-3-7-19-9-6-17-12-19/h2,4-6,9-12H,3,7-8H2,1H3. The first kappa shape index (κ1) is 13.8. The van der Waals surface area contributed by atoms with Gasteiger partial charge >= 0.3 is 0 Å². The molecule has 0 saturated heterocycles. The first-order valence-electron chi connectivity index (χ1n) is 6.88. The Hall–Kier alpha value is -2.21. The molecular formula is C15H17N5S. The minimum atomic E-state index is 0.891. The summed E-state index contributed by atoms with van der Waals surface area (Å²) in [6, 6.07) is 3.88. The van der Waals surface area contributed by atoms with Crippen molar-refractivity contribution in [1.29, 1.82) is 0 Å². The van der Waals surface area contributed by atoms with E-state index < -0.39 is 0 Å². The summed E-state index contributed by atoms with van der Waals surface area (Å²) in [5.41, 5.74) is 2.14. The highest BCUT2D eigenvalue weighted by Gasteiger charge is 2.02. The maximum atomic E-state index is 4.68. The molecule has 3 aromatic heterocycles. The molecule has 108 valence electrons. The van der Waals surface area contributed by atoms with Gasteiger partial charge in [0.2, 0.25) is 0 Å². The van der Waals surface area contributed by atoms with Crippen molar-refractivity contribution < 1.29 is 0 Å². The fourth-order valence-electron chi connectivity index (χ4n) is 2.14. The lowest BCUT2D eigenvalue weighted by molar-refractivity contribution is 0.548. The van der Waals surface area contributed by atoms with Gasteiger partial charge in [-0.3, -0.25) is 4.98 Å². The molecule has 0 fully saturated rings. The number of rotatable bonds is 5. The van der Waals surface area contributed by atoms with E-state index in [1.54, 1.807) is 23.7 Å². The molecule has 3 rings (SSSR count). The van der Waals surface area contributed by atoms with Crippen LogP contribution in [0.15, 0.2) is 53.6 Å². The average Bonchev–Trinajstić information content (AvgIpc) is 3.13. The maximum Gasteiger partial charge on any atom is 0.190 e. The van der Waals surface area contributed by atoms with Crippen molar-refractivity contribution >= 4 is 17.0 Å². The van der Waals surface area contributed by atoms with E-state index in [4.69, 9.17) is 0 Å². The molecule has 0 radical (unpaired) electrons. The van der Waals surface area contributed by atoms with Crippen molar-refractivity contribution in [1.82, 2.24) is 19.1 Å². The van der Waals surface area contributed by atoms with Gasteiger partial charge in [-0.15, -0.1) is 11.3 Å². The lowest BCUT2D eigenvalue weighted by Crippen LogP contribution is -2.17. The van der Waals surface area contributed by atoms with Crippen molar-refractivity contribution in [2.24, 2.45) is 4.99 Å². The van der Waals surface area contributed by atoms with E-state index in [0.717, 1.165) is 30.0 Å². The summed E-state index contributed by atoms with van der Waals surface area (Å²) in [6.07, 6.45) is 10.3. The molecule has 0 amide bonds. The van der Waals surface area contributed by atoms with Crippen LogP contribution in [0.1, 0.15) is 12.1 Å². The summed E-state index contributed by atoms with van der Waals surface area (Å²) in [4.78, 5) is 13.9. The summed E-state index contributed by atoms with van der Waals surface area (Å²) in [7, 11) is 0. The second-order valence-corrected chi connectivity index (χ2v) is 5.62. The molecule has 0 aliphatic rings. The van der Waals surface area contributed by atoms with Crippen LogP contribution in [-0.2, 0) is 13.1 Å². The number of aryl methyl sites for hydroxylation is 2. The van der Waals surface area contributed by atoms with E-state index in [-0.39, 0.29) is 0 Å². The molecule has 6 heteroatoms. The molecule has 0 bridgehead atoms. The van der Waals surface area contributed by atoms with Crippen LogP contribution in [0.4, 0.5) is 5.69 Å². The van der Waals surface area contributed by atoms with Crippen molar-refractivity contribution in [3.05, 3.63) is 59.1 Å². The molecule has 0 unspecified atom stereocenters. The van der Waals surface area contributed by atoms with Gasteiger partial charge in [0.1, 0.15) is 0 Å². The third-order valence-electron chi connectivity index (χ3n) is 3.22. The van der Waals surface area contributed by atoms with Crippen LogP contribution in [0.25, 0.3) is 0 Å². The van der Waals surface area contributed by atoms with E-state index in [0.29, 0.717) is 0 Å². The van der Waals surface area contributed by atoms with E-state index >= 15 is 0 Å². The van der Waals surface area contributed by atoms with Crippen LogP contribution in [-0.4, -0.2) is 19.1 Å². The number of imidazole rings is 1. The molecule has 0 aromatic carbocycles. The quantitative estimate of drug-likeness (QED) is 0.727. The topological polar surface area (TPSA) is 48.0 Å². The fraction of sp³-hybridized carbons (Fsp3) is 0.267. The van der Waals surface area contributed by atoms with Crippen LogP contribution in [0, 0.1) is 6.92 Å². The fourth-order valence-corrected chi connectivity index (χ4v) is 3.06.